The summed E-state index contributed by atoms with van der Waals surface area (Å²) < 4.78 is 5.92. The Morgan fingerprint density at radius 1 is 1.00 bits per heavy atom. The number of hydrogen-bond acceptors (Lipinski definition) is 5. The molecule has 2 aliphatic heterocycles. The molecule has 2 aromatic carbocycles. The van der Waals surface area contributed by atoms with Gasteiger partial charge >= 0.3 is 0 Å². The lowest BCUT2D eigenvalue weighted by Crippen LogP contribution is -2.46. The van der Waals surface area contributed by atoms with Crippen molar-refractivity contribution in [2.75, 3.05) is 40.6 Å². The van der Waals surface area contributed by atoms with Crippen LogP contribution in [-0.2, 0) is 9.53 Å². The summed E-state index contributed by atoms with van der Waals surface area (Å²) in [4.78, 5) is 16.8. The fourth-order valence-corrected chi connectivity index (χ4v) is 4.99. The third-order valence-corrected chi connectivity index (χ3v) is 6.30. The van der Waals surface area contributed by atoms with Crippen molar-refractivity contribution in [2.24, 2.45) is 0 Å². The molecule has 2 N–H and O–H groups in total. The van der Waals surface area contributed by atoms with E-state index in [2.05, 4.69) is 78.8 Å². The molecular weight excluding hydrogens is 388 g/mol. The molecule has 1 saturated heterocycles. The number of morpholine rings is 1. The first-order valence-corrected chi connectivity index (χ1v) is 11.2. The highest BCUT2D eigenvalue weighted by molar-refractivity contribution is 5.94. The lowest BCUT2D eigenvalue weighted by molar-refractivity contribution is -0.117. The van der Waals surface area contributed by atoms with E-state index in [0.717, 1.165) is 36.6 Å². The molecule has 0 spiro atoms. The maximum Gasteiger partial charge on any atom is 0.224 e. The van der Waals surface area contributed by atoms with Crippen LogP contribution < -0.4 is 20.4 Å². The van der Waals surface area contributed by atoms with Crippen LogP contribution in [0.1, 0.15) is 45.7 Å². The van der Waals surface area contributed by atoms with Crippen LogP contribution in [-0.4, -0.2) is 44.3 Å². The van der Waals surface area contributed by atoms with Crippen LogP contribution in [0.5, 0.6) is 0 Å². The van der Waals surface area contributed by atoms with Gasteiger partial charge in [0, 0.05) is 61.4 Å². The van der Waals surface area contributed by atoms with Gasteiger partial charge < -0.3 is 25.2 Å². The topological polar surface area (TPSA) is 56.8 Å². The smallest absolute Gasteiger partial charge is 0.224 e. The van der Waals surface area contributed by atoms with Crippen molar-refractivity contribution in [3.05, 3.63) is 48.0 Å². The van der Waals surface area contributed by atoms with E-state index < -0.39 is 0 Å². The zero-order valence-electron chi connectivity index (χ0n) is 19.2. The number of nitrogens with one attached hydrogen (secondary N) is 2. The van der Waals surface area contributed by atoms with Gasteiger partial charge in [-0.3, -0.25) is 4.79 Å². The molecule has 6 heteroatoms. The monoisotopic (exact) mass is 422 g/mol. The minimum atomic E-state index is 0.0898. The Morgan fingerprint density at radius 2 is 1.65 bits per heavy atom. The first-order valence-electron chi connectivity index (χ1n) is 11.2. The Balaban J connectivity index is 1.69. The molecule has 2 heterocycles. The Kier molecular flexibility index (Phi) is 6.10. The normalized spacial score (nSPS) is 25.7. The molecule has 166 valence electrons. The predicted molar refractivity (Wildman–Crippen MR) is 128 cm³/mol. The van der Waals surface area contributed by atoms with Crippen LogP contribution in [0.15, 0.2) is 42.5 Å². The minimum absolute atomic E-state index is 0.0898. The van der Waals surface area contributed by atoms with Crippen LogP contribution in [0.4, 0.5) is 22.7 Å². The Morgan fingerprint density at radius 3 is 2.26 bits per heavy atom. The van der Waals surface area contributed by atoms with E-state index in [1.165, 1.54) is 11.3 Å². The molecule has 0 aliphatic carbocycles. The van der Waals surface area contributed by atoms with E-state index in [1.807, 2.05) is 11.9 Å². The van der Waals surface area contributed by atoms with Crippen LogP contribution in [0.25, 0.3) is 0 Å². The quantitative estimate of drug-likeness (QED) is 0.752. The number of carbonyl (C=O) groups is 1. The molecule has 0 bridgehead atoms. The zero-order valence-corrected chi connectivity index (χ0v) is 19.2. The number of nitrogens with zero attached hydrogens (tertiary/aromatic N) is 2. The first kappa shape index (κ1) is 21.5. The van der Waals surface area contributed by atoms with Crippen molar-refractivity contribution in [3.63, 3.8) is 0 Å². The maximum atomic E-state index is 12.5. The van der Waals surface area contributed by atoms with E-state index in [-0.39, 0.29) is 30.2 Å². The van der Waals surface area contributed by atoms with E-state index >= 15 is 0 Å². The number of rotatable bonds is 4. The number of hydrogen-bond donors (Lipinski definition) is 2. The maximum absolute atomic E-state index is 12.5. The molecule has 4 atom stereocenters. The Hall–Kier alpha value is -2.73. The lowest BCUT2D eigenvalue weighted by atomic mass is 9.90. The van der Waals surface area contributed by atoms with Gasteiger partial charge in [0.05, 0.1) is 18.2 Å². The highest BCUT2D eigenvalue weighted by Crippen LogP contribution is 2.41. The molecule has 6 nitrogen and oxygen atoms in total. The van der Waals surface area contributed by atoms with Crippen molar-refractivity contribution in [3.8, 4) is 0 Å². The molecule has 4 rings (SSSR count). The van der Waals surface area contributed by atoms with E-state index in [1.54, 1.807) is 6.92 Å². The van der Waals surface area contributed by atoms with Crippen LogP contribution >= 0.6 is 0 Å². The summed E-state index contributed by atoms with van der Waals surface area (Å²) in [5, 5.41) is 6.88. The molecule has 1 amide bonds. The average Bonchev–Trinajstić information content (AvgIpc) is 2.73. The number of benzene rings is 2. The summed E-state index contributed by atoms with van der Waals surface area (Å²) in [6.45, 7) is 9.78. The summed E-state index contributed by atoms with van der Waals surface area (Å²) in [6.07, 6.45) is 1.26. The van der Waals surface area contributed by atoms with E-state index in [9.17, 15) is 4.79 Å². The molecular formula is C25H34N4O2. The minimum Gasteiger partial charge on any atom is -0.388 e. The van der Waals surface area contributed by atoms with Crippen molar-refractivity contribution >= 4 is 28.7 Å². The second kappa shape index (κ2) is 8.79. The van der Waals surface area contributed by atoms with E-state index in [4.69, 9.17) is 4.74 Å². The summed E-state index contributed by atoms with van der Waals surface area (Å²) in [5.74, 6) is 0.0898. The van der Waals surface area contributed by atoms with Crippen LogP contribution in [0.3, 0.4) is 0 Å². The molecule has 0 aromatic heterocycles. The zero-order chi connectivity index (χ0) is 22.1. The fraction of sp³-hybridized carbons (Fsp3) is 0.480. The summed E-state index contributed by atoms with van der Waals surface area (Å²) in [5.41, 5.74) is 5.54. The molecule has 1 fully saturated rings. The predicted octanol–water partition coefficient (Wildman–Crippen LogP) is 4.64. The summed E-state index contributed by atoms with van der Waals surface area (Å²) in [6, 6.07) is 15.1. The highest BCUT2D eigenvalue weighted by Gasteiger charge is 2.33. The number of amides is 1. The SMILES string of the molecule is CNc1ccc(NC2CC(C)N(C(C)=O)c3ccc(N4CC(C)OC(C)C4)cc32)cc1. The molecule has 4 unspecified atom stereocenters. The molecule has 31 heavy (non-hydrogen) atoms. The van der Waals surface area contributed by atoms with Crippen LogP contribution in [0.2, 0.25) is 0 Å². The van der Waals surface area contributed by atoms with Gasteiger partial charge in [0.2, 0.25) is 5.91 Å². The highest BCUT2D eigenvalue weighted by atomic mass is 16.5. The lowest BCUT2D eigenvalue weighted by Gasteiger charge is -2.41. The number of ether oxygens (including phenoxy) is 1. The van der Waals surface area contributed by atoms with Gasteiger partial charge in [0.25, 0.3) is 0 Å². The van der Waals surface area contributed by atoms with Gasteiger partial charge in [0.1, 0.15) is 0 Å². The van der Waals surface area contributed by atoms with Crippen LogP contribution in [0, 0.1) is 0 Å². The van der Waals surface area contributed by atoms with Crippen molar-refractivity contribution in [2.45, 2.75) is 58.4 Å². The van der Waals surface area contributed by atoms with Gasteiger partial charge in [-0.15, -0.1) is 0 Å². The third-order valence-electron chi connectivity index (χ3n) is 6.30. The second-order valence-electron chi connectivity index (χ2n) is 8.90. The summed E-state index contributed by atoms with van der Waals surface area (Å²) in [7, 11) is 1.92. The van der Waals surface area contributed by atoms with Gasteiger partial charge in [-0.05, 0) is 69.7 Å². The summed E-state index contributed by atoms with van der Waals surface area (Å²) >= 11 is 0. The number of fused-ring (bicyclic) bond motifs is 1. The Bertz CT molecular complexity index is 920. The third kappa shape index (κ3) is 4.49. The van der Waals surface area contributed by atoms with Gasteiger partial charge in [-0.1, -0.05) is 0 Å². The van der Waals surface area contributed by atoms with Crippen molar-refractivity contribution < 1.29 is 9.53 Å². The van der Waals surface area contributed by atoms with Crippen molar-refractivity contribution in [1.82, 2.24) is 0 Å². The first-order chi connectivity index (χ1) is 14.9. The second-order valence-corrected chi connectivity index (χ2v) is 8.90. The Labute approximate surface area is 185 Å². The number of carbonyl (C=O) groups excluding carboxylic acids is 1. The van der Waals surface area contributed by atoms with Gasteiger partial charge in [0.15, 0.2) is 0 Å². The molecule has 0 radical (unpaired) electrons. The largest absolute Gasteiger partial charge is 0.388 e. The molecule has 2 aromatic rings. The standard InChI is InChI=1S/C25H34N4O2/c1-16-12-24(27-21-8-6-20(26-5)7-9-21)23-13-22(10-11-25(23)29(16)19(4)30)28-14-17(2)31-18(3)15-28/h6-11,13,16-18,24,26-27H,12,14-15H2,1-5H3. The van der Waals surface area contributed by atoms with Gasteiger partial charge in [-0.2, -0.15) is 0 Å². The van der Waals surface area contributed by atoms with E-state index in [0.29, 0.717) is 0 Å². The van der Waals surface area contributed by atoms with Gasteiger partial charge in [-0.25, -0.2) is 0 Å². The number of anilines is 4. The average molecular weight is 423 g/mol. The fourth-order valence-electron chi connectivity index (χ4n) is 4.99. The van der Waals surface area contributed by atoms with Crippen molar-refractivity contribution in [1.29, 1.82) is 0 Å². The molecule has 0 saturated carbocycles. The molecule has 2 aliphatic rings.